The third kappa shape index (κ3) is 5.19. The number of hydrogen-bond donors (Lipinski definition) is 1. The highest BCUT2D eigenvalue weighted by Crippen LogP contribution is 2.13. The fourth-order valence-corrected chi connectivity index (χ4v) is 3.93. The summed E-state index contributed by atoms with van der Waals surface area (Å²) in [6.45, 7) is 8.66. The van der Waals surface area contributed by atoms with Crippen LogP contribution in [0.3, 0.4) is 0 Å². The van der Waals surface area contributed by atoms with E-state index in [-0.39, 0.29) is 17.5 Å². The molecule has 1 N–H and O–H groups in total. The maximum atomic E-state index is 12.1. The van der Waals surface area contributed by atoms with Crippen LogP contribution in [0, 0.1) is 13.8 Å². The fraction of sp³-hybridized carbons (Fsp3) is 0.571. The molecule has 18 heavy (non-hydrogen) atoms. The smallest absolute Gasteiger partial charge is 0.155 e. The van der Waals surface area contributed by atoms with Gasteiger partial charge in [0.1, 0.15) is 0 Å². The molecule has 102 valence electrons. The molecule has 0 radical (unpaired) electrons. The van der Waals surface area contributed by atoms with Crippen LogP contribution in [0.2, 0.25) is 0 Å². The molecule has 1 aromatic carbocycles. The first-order valence-corrected chi connectivity index (χ1v) is 8.15. The molecule has 0 amide bonds. The van der Waals surface area contributed by atoms with E-state index in [0.717, 1.165) is 23.2 Å². The standard InChI is InChI=1S/C14H23NO2S/c1-5-15-13(4)9-18(16,17)10-14-7-11(2)6-12(3)8-14/h6-8,13,15H,5,9-10H2,1-4H3. The first kappa shape index (κ1) is 15.2. The van der Waals surface area contributed by atoms with Crippen molar-refractivity contribution in [3.63, 3.8) is 0 Å². The van der Waals surface area contributed by atoms with Gasteiger partial charge in [-0.25, -0.2) is 8.42 Å². The lowest BCUT2D eigenvalue weighted by molar-refractivity contribution is 0.565. The molecule has 0 fully saturated rings. The monoisotopic (exact) mass is 269 g/mol. The Morgan fingerprint density at radius 1 is 1.17 bits per heavy atom. The van der Waals surface area contributed by atoms with E-state index in [1.54, 1.807) is 0 Å². The summed E-state index contributed by atoms with van der Waals surface area (Å²) in [4.78, 5) is 0. The Kier molecular flexibility index (Phi) is 5.35. The molecule has 0 bridgehead atoms. The number of sulfone groups is 1. The second kappa shape index (κ2) is 6.34. The van der Waals surface area contributed by atoms with Crippen LogP contribution in [0.5, 0.6) is 0 Å². The second-order valence-electron chi connectivity index (χ2n) is 5.01. The Bertz CT molecular complexity index is 474. The van der Waals surface area contributed by atoms with E-state index in [4.69, 9.17) is 0 Å². The van der Waals surface area contributed by atoms with Gasteiger partial charge in [-0.15, -0.1) is 0 Å². The van der Waals surface area contributed by atoms with Gasteiger partial charge in [-0.05, 0) is 32.9 Å². The van der Waals surface area contributed by atoms with Crippen LogP contribution in [-0.2, 0) is 15.6 Å². The predicted octanol–water partition coefficient (Wildman–Crippen LogP) is 2.22. The lowest BCUT2D eigenvalue weighted by atomic mass is 10.1. The Labute approximate surface area is 111 Å². The van der Waals surface area contributed by atoms with Crippen LogP contribution in [0.25, 0.3) is 0 Å². The van der Waals surface area contributed by atoms with Gasteiger partial charge in [0.2, 0.25) is 0 Å². The van der Waals surface area contributed by atoms with Crippen molar-refractivity contribution in [2.75, 3.05) is 12.3 Å². The summed E-state index contributed by atoms with van der Waals surface area (Å²) in [5, 5.41) is 3.13. The number of aryl methyl sites for hydroxylation is 2. The molecule has 0 spiro atoms. The van der Waals surface area contributed by atoms with Crippen LogP contribution in [0.1, 0.15) is 30.5 Å². The first-order chi connectivity index (χ1) is 8.32. The molecular formula is C14H23NO2S. The second-order valence-corrected chi connectivity index (χ2v) is 7.12. The van der Waals surface area contributed by atoms with Crippen LogP contribution >= 0.6 is 0 Å². The van der Waals surface area contributed by atoms with Crippen molar-refractivity contribution in [3.8, 4) is 0 Å². The summed E-state index contributed by atoms with van der Waals surface area (Å²) in [7, 11) is -3.05. The third-order valence-corrected chi connectivity index (χ3v) is 4.51. The fourth-order valence-electron chi connectivity index (χ4n) is 2.25. The normalized spacial score (nSPS) is 13.6. The van der Waals surface area contributed by atoms with Gasteiger partial charge < -0.3 is 5.32 Å². The highest BCUT2D eigenvalue weighted by molar-refractivity contribution is 7.90. The van der Waals surface area contributed by atoms with Crippen molar-refractivity contribution in [1.29, 1.82) is 0 Å². The van der Waals surface area contributed by atoms with Gasteiger partial charge >= 0.3 is 0 Å². The molecule has 4 heteroatoms. The molecule has 1 rings (SSSR count). The molecule has 0 heterocycles. The zero-order valence-corrected chi connectivity index (χ0v) is 12.5. The molecule has 0 saturated carbocycles. The van der Waals surface area contributed by atoms with Gasteiger partial charge in [0, 0.05) is 6.04 Å². The largest absolute Gasteiger partial charge is 0.314 e. The SMILES string of the molecule is CCNC(C)CS(=O)(=O)Cc1cc(C)cc(C)c1. The van der Waals surface area contributed by atoms with Crippen LogP contribution in [0.15, 0.2) is 18.2 Å². The molecule has 0 aromatic heterocycles. The van der Waals surface area contributed by atoms with E-state index in [1.807, 2.05) is 39.8 Å². The van der Waals surface area contributed by atoms with E-state index >= 15 is 0 Å². The molecule has 1 unspecified atom stereocenters. The van der Waals surface area contributed by atoms with Crippen molar-refractivity contribution in [2.24, 2.45) is 0 Å². The van der Waals surface area contributed by atoms with Gasteiger partial charge in [0.05, 0.1) is 11.5 Å². The molecule has 0 aliphatic heterocycles. The summed E-state index contributed by atoms with van der Waals surface area (Å²) in [5.41, 5.74) is 3.11. The first-order valence-electron chi connectivity index (χ1n) is 6.33. The van der Waals surface area contributed by atoms with E-state index < -0.39 is 9.84 Å². The molecule has 0 aliphatic carbocycles. The number of rotatable bonds is 6. The quantitative estimate of drug-likeness (QED) is 0.861. The van der Waals surface area contributed by atoms with Gasteiger partial charge in [-0.3, -0.25) is 0 Å². The topological polar surface area (TPSA) is 46.2 Å². The van der Waals surface area contributed by atoms with Gasteiger partial charge in [-0.1, -0.05) is 36.2 Å². The number of benzene rings is 1. The Morgan fingerprint density at radius 2 is 1.72 bits per heavy atom. The van der Waals surface area contributed by atoms with Gasteiger partial charge in [0.25, 0.3) is 0 Å². The van der Waals surface area contributed by atoms with Crippen LogP contribution in [0.4, 0.5) is 0 Å². The average Bonchev–Trinajstić information content (AvgIpc) is 2.13. The van der Waals surface area contributed by atoms with Crippen molar-refractivity contribution < 1.29 is 8.42 Å². The molecule has 3 nitrogen and oxygen atoms in total. The Hall–Kier alpha value is -0.870. The minimum atomic E-state index is -3.05. The summed E-state index contributed by atoms with van der Waals surface area (Å²) < 4.78 is 24.1. The highest BCUT2D eigenvalue weighted by atomic mass is 32.2. The molecule has 1 aromatic rings. The Balaban J connectivity index is 2.76. The lowest BCUT2D eigenvalue weighted by Gasteiger charge is -2.13. The van der Waals surface area contributed by atoms with E-state index in [2.05, 4.69) is 11.4 Å². The van der Waals surface area contributed by atoms with Gasteiger partial charge in [0.15, 0.2) is 9.84 Å². The van der Waals surface area contributed by atoms with Crippen molar-refractivity contribution >= 4 is 9.84 Å². The lowest BCUT2D eigenvalue weighted by Crippen LogP contribution is -2.33. The summed E-state index contributed by atoms with van der Waals surface area (Å²) in [5.74, 6) is 0.319. The molecule has 1 atom stereocenters. The van der Waals surface area contributed by atoms with Crippen LogP contribution in [-0.4, -0.2) is 26.8 Å². The number of hydrogen-bond acceptors (Lipinski definition) is 3. The molecular weight excluding hydrogens is 246 g/mol. The third-order valence-electron chi connectivity index (χ3n) is 2.72. The van der Waals surface area contributed by atoms with Crippen molar-refractivity contribution in [1.82, 2.24) is 5.32 Å². The number of nitrogens with one attached hydrogen (secondary N) is 1. The van der Waals surface area contributed by atoms with Crippen LogP contribution < -0.4 is 5.32 Å². The van der Waals surface area contributed by atoms with Gasteiger partial charge in [-0.2, -0.15) is 0 Å². The highest BCUT2D eigenvalue weighted by Gasteiger charge is 2.16. The summed E-state index contributed by atoms with van der Waals surface area (Å²) >= 11 is 0. The van der Waals surface area contributed by atoms with Crippen molar-refractivity contribution in [2.45, 2.75) is 39.5 Å². The minimum absolute atomic E-state index is 0.00547. The summed E-state index contributed by atoms with van der Waals surface area (Å²) in [6.07, 6.45) is 0. The predicted molar refractivity (Wildman–Crippen MR) is 76.5 cm³/mol. The molecule has 0 saturated heterocycles. The maximum absolute atomic E-state index is 12.1. The average molecular weight is 269 g/mol. The van der Waals surface area contributed by atoms with Crippen molar-refractivity contribution in [3.05, 3.63) is 34.9 Å². The van der Waals surface area contributed by atoms with E-state index in [1.165, 1.54) is 0 Å². The summed E-state index contributed by atoms with van der Waals surface area (Å²) in [6, 6.07) is 5.95. The molecule has 0 aliphatic rings. The van der Waals surface area contributed by atoms with E-state index in [0.29, 0.717) is 0 Å². The Morgan fingerprint density at radius 3 is 2.22 bits per heavy atom. The zero-order valence-electron chi connectivity index (χ0n) is 11.7. The maximum Gasteiger partial charge on any atom is 0.155 e. The zero-order chi connectivity index (χ0) is 13.8. The van der Waals surface area contributed by atoms with E-state index in [9.17, 15) is 8.42 Å². The minimum Gasteiger partial charge on any atom is -0.314 e.